The van der Waals surface area contributed by atoms with Crippen molar-refractivity contribution < 1.29 is 14.3 Å². The Bertz CT molecular complexity index is 1120. The van der Waals surface area contributed by atoms with Crippen LogP contribution >= 0.6 is 0 Å². The van der Waals surface area contributed by atoms with Crippen LogP contribution in [0, 0.1) is 11.2 Å². The molecule has 0 saturated carbocycles. The summed E-state index contributed by atoms with van der Waals surface area (Å²) in [6, 6.07) is 15.8. The lowest BCUT2D eigenvalue weighted by Gasteiger charge is -2.39. The smallest absolute Gasteiger partial charge is 0.407 e. The van der Waals surface area contributed by atoms with Crippen molar-refractivity contribution >= 4 is 12.2 Å². The number of amides is 1. The number of hydrogen-bond donors (Lipinski definition) is 1. The molecular weight excluding hydrogens is 393 g/mol. The molecule has 31 heavy (non-hydrogen) atoms. The first-order valence-electron chi connectivity index (χ1n) is 10.3. The molecule has 1 aliphatic carbocycles. The maximum atomic E-state index is 13.3. The van der Waals surface area contributed by atoms with Crippen molar-refractivity contribution in [2.24, 2.45) is 5.41 Å². The molecule has 0 saturated heterocycles. The summed E-state index contributed by atoms with van der Waals surface area (Å²) >= 11 is 0. The Morgan fingerprint density at radius 3 is 2.55 bits per heavy atom. The molecule has 1 amide bonds. The lowest BCUT2D eigenvalue weighted by Crippen LogP contribution is -2.36. The third kappa shape index (κ3) is 3.98. The molecule has 1 aromatic heterocycles. The molecule has 0 spiro atoms. The van der Waals surface area contributed by atoms with Gasteiger partial charge >= 0.3 is 6.09 Å². The zero-order chi connectivity index (χ0) is 22.2. The van der Waals surface area contributed by atoms with E-state index in [2.05, 4.69) is 25.0 Å². The summed E-state index contributed by atoms with van der Waals surface area (Å²) in [6.45, 7) is 4.27. The number of nitrogens with zero attached hydrogens (tertiary/aromatic N) is 3. The monoisotopic (exact) mass is 419 g/mol. The van der Waals surface area contributed by atoms with Crippen molar-refractivity contribution in [2.45, 2.75) is 32.7 Å². The Kier molecular flexibility index (Phi) is 5.39. The summed E-state index contributed by atoms with van der Waals surface area (Å²) < 4.78 is 15.2. The van der Waals surface area contributed by atoms with Crippen LogP contribution in [-0.4, -0.2) is 32.9 Å². The molecule has 3 aromatic rings. The summed E-state index contributed by atoms with van der Waals surface area (Å²) in [7, 11) is 1.63. The summed E-state index contributed by atoms with van der Waals surface area (Å²) in [6.07, 6.45) is 4.45. The van der Waals surface area contributed by atoms with E-state index in [1.165, 1.54) is 22.6 Å². The van der Waals surface area contributed by atoms with E-state index in [0.29, 0.717) is 6.42 Å². The summed E-state index contributed by atoms with van der Waals surface area (Å²) in [5.41, 5.74) is 4.82. The number of carbonyl (C=O) groups is 1. The van der Waals surface area contributed by atoms with Gasteiger partial charge in [0.1, 0.15) is 5.82 Å². The predicted molar refractivity (Wildman–Crippen MR) is 119 cm³/mol. The molecule has 1 unspecified atom stereocenters. The van der Waals surface area contributed by atoms with Crippen LogP contribution in [-0.2, 0) is 6.42 Å². The van der Waals surface area contributed by atoms with Gasteiger partial charge in [-0.05, 0) is 66.6 Å². The van der Waals surface area contributed by atoms with Gasteiger partial charge in [-0.15, -0.1) is 0 Å². The molecule has 1 aliphatic rings. The Hall–Kier alpha value is -3.41. The highest BCUT2D eigenvalue weighted by Crippen LogP contribution is 2.45. The number of allylic oxidation sites excluding steroid dienone is 1. The first-order chi connectivity index (χ1) is 14.8. The van der Waals surface area contributed by atoms with Crippen LogP contribution in [0.25, 0.3) is 11.8 Å². The molecule has 1 N–H and O–H groups in total. The van der Waals surface area contributed by atoms with Gasteiger partial charge in [0, 0.05) is 7.05 Å². The van der Waals surface area contributed by atoms with Gasteiger partial charge in [0.05, 0.1) is 23.6 Å². The molecule has 0 bridgehead atoms. The highest BCUT2D eigenvalue weighted by molar-refractivity contribution is 5.65. The van der Waals surface area contributed by atoms with Crippen LogP contribution in [0.2, 0.25) is 0 Å². The van der Waals surface area contributed by atoms with E-state index in [9.17, 15) is 14.3 Å². The largest absolute Gasteiger partial charge is 0.465 e. The Morgan fingerprint density at radius 2 is 1.90 bits per heavy atom. The predicted octanol–water partition coefficient (Wildman–Crippen LogP) is 5.72. The minimum absolute atomic E-state index is 0.228. The van der Waals surface area contributed by atoms with Gasteiger partial charge in [0.15, 0.2) is 0 Å². The Morgan fingerprint density at radius 1 is 1.23 bits per heavy atom. The molecule has 2 aromatic carbocycles. The van der Waals surface area contributed by atoms with Crippen LogP contribution in [0.4, 0.5) is 9.18 Å². The fourth-order valence-electron chi connectivity index (χ4n) is 4.36. The van der Waals surface area contributed by atoms with E-state index >= 15 is 0 Å². The van der Waals surface area contributed by atoms with Crippen molar-refractivity contribution in [3.05, 3.63) is 89.0 Å². The lowest BCUT2D eigenvalue weighted by atomic mass is 9.69. The summed E-state index contributed by atoms with van der Waals surface area (Å²) in [5, 5.41) is 14.2. The van der Waals surface area contributed by atoms with Crippen LogP contribution in [0.1, 0.15) is 43.1 Å². The number of benzene rings is 2. The number of aromatic nitrogens is 2. The third-order valence-corrected chi connectivity index (χ3v) is 6.44. The Labute approximate surface area is 181 Å². The van der Waals surface area contributed by atoms with Crippen molar-refractivity contribution in [3.8, 4) is 5.69 Å². The summed E-state index contributed by atoms with van der Waals surface area (Å²) in [5.74, 6) is -0.279. The van der Waals surface area contributed by atoms with Crippen molar-refractivity contribution in [1.29, 1.82) is 0 Å². The fraction of sp³-hybridized carbons (Fsp3) is 0.280. The minimum Gasteiger partial charge on any atom is -0.465 e. The van der Waals surface area contributed by atoms with Gasteiger partial charge in [0.2, 0.25) is 0 Å². The van der Waals surface area contributed by atoms with E-state index in [-0.39, 0.29) is 17.3 Å². The van der Waals surface area contributed by atoms with Crippen molar-refractivity contribution in [1.82, 2.24) is 14.7 Å². The number of carboxylic acid groups (broad SMARTS) is 1. The first-order valence-corrected chi connectivity index (χ1v) is 10.3. The van der Waals surface area contributed by atoms with Gasteiger partial charge < -0.3 is 10.0 Å². The molecule has 0 aliphatic heterocycles. The molecular formula is C25H26FN3O2. The number of rotatable bonds is 5. The average Bonchev–Trinajstić information content (AvgIpc) is 3.15. The maximum Gasteiger partial charge on any atom is 0.407 e. The SMILES string of the molecule is CC1=Cc2c(cnn2-c2ccc(F)cc2)C[C@]1(C)CC(c1ccccc1)N(C)C(=O)O. The normalized spacial score (nSPS) is 18.8. The molecule has 4 rings (SSSR count). The lowest BCUT2D eigenvalue weighted by molar-refractivity contribution is 0.123. The van der Waals surface area contributed by atoms with E-state index < -0.39 is 6.09 Å². The van der Waals surface area contributed by atoms with Gasteiger partial charge in [0.25, 0.3) is 0 Å². The topological polar surface area (TPSA) is 58.4 Å². The zero-order valence-electron chi connectivity index (χ0n) is 17.9. The maximum absolute atomic E-state index is 13.3. The number of hydrogen-bond acceptors (Lipinski definition) is 2. The molecule has 1 heterocycles. The minimum atomic E-state index is -0.945. The van der Waals surface area contributed by atoms with E-state index in [1.54, 1.807) is 19.2 Å². The quantitative estimate of drug-likeness (QED) is 0.576. The van der Waals surface area contributed by atoms with Gasteiger partial charge in [-0.3, -0.25) is 0 Å². The first kappa shape index (κ1) is 20.8. The Balaban J connectivity index is 1.68. The summed E-state index contributed by atoms with van der Waals surface area (Å²) in [4.78, 5) is 13.2. The second-order valence-corrected chi connectivity index (χ2v) is 8.53. The van der Waals surface area contributed by atoms with E-state index in [0.717, 1.165) is 28.9 Å². The molecule has 6 heteroatoms. The van der Waals surface area contributed by atoms with E-state index in [4.69, 9.17) is 0 Å². The van der Waals surface area contributed by atoms with Gasteiger partial charge in [-0.2, -0.15) is 5.10 Å². The second-order valence-electron chi connectivity index (χ2n) is 8.53. The number of halogens is 1. The van der Waals surface area contributed by atoms with Gasteiger partial charge in [-0.25, -0.2) is 13.9 Å². The highest BCUT2D eigenvalue weighted by atomic mass is 19.1. The average molecular weight is 420 g/mol. The van der Waals surface area contributed by atoms with Crippen LogP contribution < -0.4 is 0 Å². The van der Waals surface area contributed by atoms with Crippen LogP contribution in [0.5, 0.6) is 0 Å². The van der Waals surface area contributed by atoms with Crippen molar-refractivity contribution in [3.63, 3.8) is 0 Å². The molecule has 2 atom stereocenters. The highest BCUT2D eigenvalue weighted by Gasteiger charge is 2.37. The molecule has 5 nitrogen and oxygen atoms in total. The van der Waals surface area contributed by atoms with Crippen LogP contribution in [0.15, 0.2) is 66.4 Å². The standard InChI is InChI=1S/C25H26FN3O2/c1-17-13-22-19(16-27-29(22)21-11-9-20(26)10-12-21)14-25(17,2)15-23(28(3)24(30)31)18-7-5-4-6-8-18/h4-13,16,23H,14-15H2,1-3H3,(H,30,31)/t23?,25-/m1/s1. The molecule has 0 fully saturated rings. The number of fused-ring (bicyclic) bond motifs is 1. The fourth-order valence-corrected chi connectivity index (χ4v) is 4.36. The second kappa shape index (κ2) is 8.02. The van der Waals surface area contributed by atoms with Gasteiger partial charge in [-0.1, -0.05) is 42.8 Å². The molecule has 160 valence electrons. The van der Waals surface area contributed by atoms with Crippen LogP contribution in [0.3, 0.4) is 0 Å². The van der Waals surface area contributed by atoms with Crippen molar-refractivity contribution in [2.75, 3.05) is 7.05 Å². The zero-order valence-corrected chi connectivity index (χ0v) is 17.9. The van der Waals surface area contributed by atoms with E-state index in [1.807, 2.05) is 41.2 Å². The third-order valence-electron chi connectivity index (χ3n) is 6.44. The molecule has 0 radical (unpaired) electrons.